The number of carbonyl (C=O) groups excluding carboxylic acids is 1. The number of aromatic nitrogens is 2. The number of anilines is 4. The topological polar surface area (TPSA) is 92.3 Å². The van der Waals surface area contributed by atoms with Crippen LogP contribution in [0.5, 0.6) is 17.2 Å². The van der Waals surface area contributed by atoms with E-state index in [9.17, 15) is 4.79 Å². The Morgan fingerprint density at radius 2 is 1.78 bits per heavy atom. The first-order valence-corrected chi connectivity index (χ1v) is 15.2. The first kappa shape index (κ1) is 32.5. The molecule has 0 aliphatic carbocycles. The summed E-state index contributed by atoms with van der Waals surface area (Å²) < 4.78 is 32.4. The third kappa shape index (κ3) is 7.15. The summed E-state index contributed by atoms with van der Waals surface area (Å²) in [5.74, 6) is 1.63. The van der Waals surface area contributed by atoms with E-state index in [1.807, 2.05) is 45.0 Å². The predicted molar refractivity (Wildman–Crippen MR) is 178 cm³/mol. The van der Waals surface area contributed by atoms with Crippen LogP contribution in [0.4, 0.5) is 32.3 Å². The normalized spacial score (nSPS) is 15.0. The molecule has 1 N–H and O–H groups in total. The van der Waals surface area contributed by atoms with E-state index in [0.29, 0.717) is 40.2 Å². The van der Waals surface area contributed by atoms with Gasteiger partial charge in [-0.2, -0.15) is 4.98 Å². The van der Waals surface area contributed by atoms with E-state index in [1.54, 1.807) is 38.5 Å². The summed E-state index contributed by atoms with van der Waals surface area (Å²) in [4.78, 5) is 28.6. The molecular formula is C35H41FN6O4. The summed E-state index contributed by atoms with van der Waals surface area (Å²) in [7, 11) is 5.18. The molecule has 46 heavy (non-hydrogen) atoms. The second-order valence-electron chi connectivity index (χ2n) is 11.6. The quantitative estimate of drug-likeness (QED) is 0.219. The number of hydrogen-bond acceptors (Lipinski definition) is 9. The number of amides is 1. The number of piperazine rings is 1. The van der Waals surface area contributed by atoms with Crippen LogP contribution in [0.1, 0.15) is 29.2 Å². The summed E-state index contributed by atoms with van der Waals surface area (Å²) in [6.45, 7) is 10.4. The van der Waals surface area contributed by atoms with Gasteiger partial charge in [-0.15, -0.1) is 0 Å². The highest BCUT2D eigenvalue weighted by Crippen LogP contribution is 2.34. The molecule has 4 aromatic rings. The molecule has 1 atom stereocenters. The minimum absolute atomic E-state index is 0.0619. The Morgan fingerprint density at radius 3 is 2.46 bits per heavy atom. The number of benzene rings is 3. The van der Waals surface area contributed by atoms with Gasteiger partial charge in [0.1, 0.15) is 17.4 Å². The number of aryl methyl sites for hydroxylation is 3. The maximum absolute atomic E-state index is 15.3. The van der Waals surface area contributed by atoms with Crippen molar-refractivity contribution in [1.82, 2.24) is 14.9 Å². The molecule has 1 aliphatic rings. The fourth-order valence-corrected chi connectivity index (χ4v) is 5.75. The smallest absolute Gasteiger partial charge is 0.421 e. The number of likely N-dealkylation sites (N-methyl/N-ethyl adjacent to an activating group) is 1. The van der Waals surface area contributed by atoms with Crippen molar-refractivity contribution >= 4 is 29.2 Å². The number of hydrogen-bond donors (Lipinski definition) is 1. The fourth-order valence-electron chi connectivity index (χ4n) is 5.75. The molecule has 5 rings (SSSR count). The number of ether oxygens (including phenoxy) is 3. The number of nitrogens with zero attached hydrogens (tertiary/aromatic N) is 5. The Bertz CT molecular complexity index is 1690. The van der Waals surface area contributed by atoms with Crippen molar-refractivity contribution in [3.05, 3.63) is 88.9 Å². The molecule has 1 aliphatic heterocycles. The molecule has 0 bridgehead atoms. The maximum Gasteiger partial charge on any atom is 0.421 e. The fraction of sp³-hybridized carbons (Fsp3) is 0.343. The van der Waals surface area contributed by atoms with Crippen LogP contribution in [0.25, 0.3) is 0 Å². The van der Waals surface area contributed by atoms with E-state index >= 15 is 4.39 Å². The van der Waals surface area contributed by atoms with Crippen LogP contribution in [-0.2, 0) is 6.54 Å². The van der Waals surface area contributed by atoms with E-state index in [0.717, 1.165) is 36.3 Å². The molecule has 1 aromatic heterocycles. The van der Waals surface area contributed by atoms with Gasteiger partial charge in [0, 0.05) is 43.1 Å². The van der Waals surface area contributed by atoms with Crippen LogP contribution < -0.4 is 29.3 Å². The molecule has 0 saturated carbocycles. The lowest BCUT2D eigenvalue weighted by atomic mass is 10.1. The van der Waals surface area contributed by atoms with Gasteiger partial charge < -0.3 is 29.3 Å². The second-order valence-corrected chi connectivity index (χ2v) is 11.6. The number of carbonyl (C=O) groups is 1. The monoisotopic (exact) mass is 628 g/mol. The lowest BCUT2D eigenvalue weighted by Crippen LogP contribution is -2.50. The molecule has 242 valence electrons. The minimum atomic E-state index is -0.638. The summed E-state index contributed by atoms with van der Waals surface area (Å²) in [6, 6.07) is 16.3. The van der Waals surface area contributed by atoms with Crippen molar-refractivity contribution in [2.75, 3.05) is 56.0 Å². The van der Waals surface area contributed by atoms with Crippen molar-refractivity contribution in [2.24, 2.45) is 0 Å². The third-order valence-corrected chi connectivity index (χ3v) is 8.25. The molecule has 3 aromatic carbocycles. The number of methoxy groups -OCH3 is 2. The highest BCUT2D eigenvalue weighted by molar-refractivity contribution is 5.88. The summed E-state index contributed by atoms with van der Waals surface area (Å²) in [5.41, 5.74) is 4.47. The van der Waals surface area contributed by atoms with Gasteiger partial charge in [0.25, 0.3) is 0 Å². The molecule has 0 radical (unpaired) electrons. The van der Waals surface area contributed by atoms with Crippen molar-refractivity contribution in [1.29, 1.82) is 0 Å². The molecule has 1 amide bonds. The Labute approximate surface area is 269 Å². The third-order valence-electron chi connectivity index (χ3n) is 8.25. The van der Waals surface area contributed by atoms with Gasteiger partial charge in [0.2, 0.25) is 5.95 Å². The van der Waals surface area contributed by atoms with Crippen LogP contribution in [0.15, 0.2) is 60.8 Å². The van der Waals surface area contributed by atoms with E-state index in [1.165, 1.54) is 17.2 Å². The lowest BCUT2D eigenvalue weighted by Gasteiger charge is -2.39. The van der Waals surface area contributed by atoms with Gasteiger partial charge in [0.05, 0.1) is 26.5 Å². The average molecular weight is 629 g/mol. The van der Waals surface area contributed by atoms with Crippen molar-refractivity contribution < 1.29 is 23.4 Å². The molecule has 1 fully saturated rings. The van der Waals surface area contributed by atoms with Gasteiger partial charge in [-0.1, -0.05) is 29.8 Å². The van der Waals surface area contributed by atoms with Crippen LogP contribution in [0.3, 0.4) is 0 Å². The largest absolute Gasteiger partial charge is 0.493 e. The minimum Gasteiger partial charge on any atom is -0.493 e. The van der Waals surface area contributed by atoms with Gasteiger partial charge in [-0.25, -0.2) is 14.2 Å². The molecule has 10 nitrogen and oxygen atoms in total. The number of rotatable bonds is 9. The molecule has 1 unspecified atom stereocenters. The maximum atomic E-state index is 15.3. The molecule has 0 spiro atoms. The predicted octanol–water partition coefficient (Wildman–Crippen LogP) is 6.65. The van der Waals surface area contributed by atoms with Crippen LogP contribution >= 0.6 is 0 Å². The summed E-state index contributed by atoms with van der Waals surface area (Å²) in [5, 5.41) is 3.09. The molecule has 11 heteroatoms. The highest BCUT2D eigenvalue weighted by atomic mass is 19.1. The Kier molecular flexibility index (Phi) is 9.91. The Hall–Kier alpha value is -4.90. The van der Waals surface area contributed by atoms with Gasteiger partial charge in [-0.05, 0) is 76.2 Å². The first-order valence-electron chi connectivity index (χ1n) is 15.2. The first-order chi connectivity index (χ1) is 22.1. The lowest BCUT2D eigenvalue weighted by molar-refractivity contribution is 0.206. The van der Waals surface area contributed by atoms with E-state index in [-0.39, 0.29) is 24.1 Å². The average Bonchev–Trinajstić information content (AvgIpc) is 3.02. The van der Waals surface area contributed by atoms with Crippen molar-refractivity contribution in [3.8, 4) is 17.2 Å². The zero-order chi connectivity index (χ0) is 33.0. The standard InChI is InChI=1S/C35H41FN6O4/c1-22-17-23(2)32(24(3)18-22)46-35(43)42(21-26-9-8-10-30(44-6)33(26)45-7)31-13-14-37-34(39-31)38-27-11-12-29(28(36)19-27)41-16-15-40(5)25(4)20-41/h8-14,17-19,25H,15-16,20-21H2,1-7H3,(H,37,38,39). The number of nitrogens with one attached hydrogen (secondary N) is 1. The van der Waals surface area contributed by atoms with Gasteiger partial charge in [0.15, 0.2) is 11.5 Å². The van der Waals surface area contributed by atoms with Crippen LogP contribution in [0, 0.1) is 26.6 Å². The Balaban J connectivity index is 1.44. The van der Waals surface area contributed by atoms with E-state index in [4.69, 9.17) is 14.2 Å². The zero-order valence-electron chi connectivity index (χ0n) is 27.4. The molecule has 1 saturated heterocycles. The number of halogens is 1. The number of para-hydroxylation sites is 1. The van der Waals surface area contributed by atoms with Crippen molar-refractivity contribution in [2.45, 2.75) is 40.3 Å². The highest BCUT2D eigenvalue weighted by Gasteiger charge is 2.26. The van der Waals surface area contributed by atoms with Crippen molar-refractivity contribution in [3.63, 3.8) is 0 Å². The molecular weight excluding hydrogens is 587 g/mol. The SMILES string of the molecule is COc1cccc(CN(C(=O)Oc2c(C)cc(C)cc2C)c2ccnc(Nc3ccc(N4CCN(C)C(C)C4)c(F)c3)n2)c1OC. The summed E-state index contributed by atoms with van der Waals surface area (Å²) in [6.07, 6.45) is 0.897. The molecule has 2 heterocycles. The van der Waals surface area contributed by atoms with Gasteiger partial charge >= 0.3 is 6.09 Å². The summed E-state index contributed by atoms with van der Waals surface area (Å²) >= 11 is 0. The second kappa shape index (κ2) is 14.0. The van der Waals surface area contributed by atoms with Crippen LogP contribution in [0.2, 0.25) is 0 Å². The van der Waals surface area contributed by atoms with Crippen LogP contribution in [-0.4, -0.2) is 67.9 Å². The zero-order valence-corrected chi connectivity index (χ0v) is 27.4. The van der Waals surface area contributed by atoms with Gasteiger partial charge in [-0.3, -0.25) is 4.90 Å². The van der Waals surface area contributed by atoms with E-state index < -0.39 is 6.09 Å². The van der Waals surface area contributed by atoms with E-state index in [2.05, 4.69) is 39.1 Å². The Morgan fingerprint density at radius 1 is 1.02 bits per heavy atom.